The summed E-state index contributed by atoms with van der Waals surface area (Å²) < 4.78 is 7.44. The van der Waals surface area contributed by atoms with Gasteiger partial charge in [0.05, 0.1) is 12.3 Å². The maximum absolute atomic E-state index is 10.6. The largest absolute Gasteiger partial charge is 0.384 e. The van der Waals surface area contributed by atoms with Crippen LogP contribution in [0.1, 0.15) is 39.7 Å². The second-order valence-corrected chi connectivity index (χ2v) is 6.61. The average Bonchev–Trinajstić information content (AvgIpc) is 2.80. The van der Waals surface area contributed by atoms with Crippen molar-refractivity contribution in [1.82, 2.24) is 15.1 Å². The second-order valence-electron chi connectivity index (χ2n) is 6.61. The highest BCUT2D eigenvalue weighted by Crippen LogP contribution is 2.43. The first-order chi connectivity index (χ1) is 9.27. The van der Waals surface area contributed by atoms with Crippen LogP contribution < -0.4 is 5.32 Å². The van der Waals surface area contributed by atoms with Crippen LogP contribution in [0.15, 0.2) is 12.4 Å². The Morgan fingerprint density at radius 1 is 1.60 bits per heavy atom. The monoisotopic (exact) mass is 281 g/mol. The Morgan fingerprint density at radius 3 is 2.80 bits per heavy atom. The smallest absolute Gasteiger partial charge is 0.102 e. The van der Waals surface area contributed by atoms with Crippen molar-refractivity contribution in [2.75, 3.05) is 13.2 Å². The minimum atomic E-state index is -0.902. The van der Waals surface area contributed by atoms with Crippen molar-refractivity contribution >= 4 is 0 Å². The molecule has 0 saturated heterocycles. The van der Waals surface area contributed by atoms with Gasteiger partial charge in [-0.25, -0.2) is 0 Å². The van der Waals surface area contributed by atoms with Gasteiger partial charge in [0, 0.05) is 43.4 Å². The Bertz CT molecular complexity index is 454. The zero-order chi connectivity index (χ0) is 15.0. The molecule has 1 aliphatic carbocycles. The lowest BCUT2D eigenvalue weighted by atomic mass is 9.64. The predicted octanol–water partition coefficient (Wildman–Crippen LogP) is 1.42. The van der Waals surface area contributed by atoms with Gasteiger partial charge in [-0.3, -0.25) is 4.68 Å². The number of hydrogen-bond donors (Lipinski definition) is 2. The summed E-state index contributed by atoms with van der Waals surface area (Å²) in [6.45, 7) is 9.56. The number of nitrogens with one attached hydrogen (secondary N) is 1. The third-order valence-corrected chi connectivity index (χ3v) is 4.57. The van der Waals surface area contributed by atoms with Crippen LogP contribution in [0, 0.1) is 5.41 Å². The fourth-order valence-electron chi connectivity index (χ4n) is 2.84. The summed E-state index contributed by atoms with van der Waals surface area (Å²) in [6, 6.07) is 0.377. The minimum absolute atomic E-state index is 0.112. The van der Waals surface area contributed by atoms with Gasteiger partial charge in [0.2, 0.25) is 0 Å². The molecule has 0 aliphatic heterocycles. The van der Waals surface area contributed by atoms with Crippen LogP contribution >= 0.6 is 0 Å². The topological polar surface area (TPSA) is 59.3 Å². The van der Waals surface area contributed by atoms with Crippen LogP contribution in [0.25, 0.3) is 0 Å². The van der Waals surface area contributed by atoms with E-state index in [0.29, 0.717) is 18.7 Å². The molecular formula is C15H27N3O2. The highest BCUT2D eigenvalue weighted by molar-refractivity contribution is 5.15. The number of hydrogen-bond acceptors (Lipinski definition) is 4. The van der Waals surface area contributed by atoms with Crippen molar-refractivity contribution in [2.45, 2.75) is 51.9 Å². The van der Waals surface area contributed by atoms with E-state index >= 15 is 0 Å². The maximum atomic E-state index is 10.6. The first-order valence-electron chi connectivity index (χ1n) is 7.34. The van der Waals surface area contributed by atoms with Crippen LogP contribution in [0.4, 0.5) is 0 Å². The van der Waals surface area contributed by atoms with E-state index in [1.807, 2.05) is 27.1 Å². The lowest BCUT2D eigenvalue weighted by Crippen LogP contribution is -2.62. The van der Waals surface area contributed by atoms with E-state index in [4.69, 9.17) is 4.74 Å². The SMILES string of the molecule is CCO[C@@H]1C[C@H](NC[C@](C)(O)c2cnn(C)c2)C1(C)C. The molecule has 0 aromatic carbocycles. The van der Waals surface area contributed by atoms with E-state index in [-0.39, 0.29) is 5.41 Å². The van der Waals surface area contributed by atoms with Crippen molar-refractivity contribution in [3.05, 3.63) is 18.0 Å². The summed E-state index contributed by atoms with van der Waals surface area (Å²) in [5.74, 6) is 0. The molecule has 1 heterocycles. The van der Waals surface area contributed by atoms with Crippen molar-refractivity contribution in [1.29, 1.82) is 0 Å². The Balaban J connectivity index is 1.90. The van der Waals surface area contributed by atoms with E-state index in [0.717, 1.165) is 18.6 Å². The van der Waals surface area contributed by atoms with E-state index < -0.39 is 5.60 Å². The Morgan fingerprint density at radius 2 is 2.30 bits per heavy atom. The zero-order valence-corrected chi connectivity index (χ0v) is 13.2. The van der Waals surface area contributed by atoms with Crippen LogP contribution in [-0.2, 0) is 17.4 Å². The summed E-state index contributed by atoms with van der Waals surface area (Å²) in [4.78, 5) is 0. The van der Waals surface area contributed by atoms with Crippen molar-refractivity contribution in [2.24, 2.45) is 12.5 Å². The van der Waals surface area contributed by atoms with E-state index in [1.54, 1.807) is 10.9 Å². The minimum Gasteiger partial charge on any atom is -0.384 e. The Hall–Kier alpha value is -0.910. The third kappa shape index (κ3) is 2.90. The quantitative estimate of drug-likeness (QED) is 0.828. The Kier molecular flexibility index (Phi) is 4.23. The fraction of sp³-hybridized carbons (Fsp3) is 0.800. The molecule has 20 heavy (non-hydrogen) atoms. The number of aromatic nitrogens is 2. The predicted molar refractivity (Wildman–Crippen MR) is 78.4 cm³/mol. The van der Waals surface area contributed by atoms with Gasteiger partial charge >= 0.3 is 0 Å². The number of ether oxygens (including phenoxy) is 1. The van der Waals surface area contributed by atoms with Crippen LogP contribution in [-0.4, -0.2) is 40.2 Å². The van der Waals surface area contributed by atoms with Crippen molar-refractivity contribution in [3.63, 3.8) is 0 Å². The molecule has 1 aromatic rings. The van der Waals surface area contributed by atoms with Gasteiger partial charge in [0.15, 0.2) is 0 Å². The molecule has 0 bridgehead atoms. The summed E-state index contributed by atoms with van der Waals surface area (Å²) >= 11 is 0. The van der Waals surface area contributed by atoms with Gasteiger partial charge in [0.1, 0.15) is 5.60 Å². The fourth-order valence-corrected chi connectivity index (χ4v) is 2.84. The highest BCUT2D eigenvalue weighted by atomic mass is 16.5. The molecule has 0 unspecified atom stereocenters. The van der Waals surface area contributed by atoms with Crippen molar-refractivity contribution in [3.8, 4) is 0 Å². The first kappa shape index (κ1) is 15.5. The van der Waals surface area contributed by atoms with Gasteiger partial charge in [-0.1, -0.05) is 13.8 Å². The van der Waals surface area contributed by atoms with Crippen LogP contribution in [0.2, 0.25) is 0 Å². The summed E-state index contributed by atoms with van der Waals surface area (Å²) in [7, 11) is 1.86. The molecule has 2 rings (SSSR count). The van der Waals surface area contributed by atoms with Gasteiger partial charge < -0.3 is 15.2 Å². The van der Waals surface area contributed by atoms with Gasteiger partial charge in [-0.15, -0.1) is 0 Å². The average molecular weight is 281 g/mol. The van der Waals surface area contributed by atoms with Gasteiger partial charge in [-0.05, 0) is 20.3 Å². The molecule has 5 heteroatoms. The summed E-state index contributed by atoms with van der Waals surface area (Å²) in [5.41, 5.74) is 0.0493. The summed E-state index contributed by atoms with van der Waals surface area (Å²) in [6.07, 6.45) is 4.89. The normalized spacial score (nSPS) is 27.9. The van der Waals surface area contributed by atoms with E-state index in [1.165, 1.54) is 0 Å². The molecule has 1 saturated carbocycles. The second kappa shape index (κ2) is 5.47. The molecule has 114 valence electrons. The standard InChI is InChI=1S/C15H27N3O2/c1-6-20-13-7-12(14(13,2)3)16-10-15(4,19)11-8-17-18(5)9-11/h8-9,12-13,16,19H,6-7,10H2,1-5H3/t12-,13+,15-/m0/s1. The highest BCUT2D eigenvalue weighted by Gasteiger charge is 2.49. The lowest BCUT2D eigenvalue weighted by molar-refractivity contribution is -0.118. The number of aliphatic hydroxyl groups is 1. The van der Waals surface area contributed by atoms with Crippen LogP contribution in [0.3, 0.4) is 0 Å². The number of rotatable bonds is 6. The summed E-state index contributed by atoms with van der Waals surface area (Å²) in [5, 5.41) is 18.2. The molecule has 1 fully saturated rings. The van der Waals surface area contributed by atoms with E-state index in [2.05, 4.69) is 24.3 Å². The number of aryl methyl sites for hydroxylation is 1. The van der Waals surface area contributed by atoms with E-state index in [9.17, 15) is 5.11 Å². The molecule has 0 spiro atoms. The Labute approximate surface area is 121 Å². The first-order valence-corrected chi connectivity index (χ1v) is 7.34. The van der Waals surface area contributed by atoms with Gasteiger partial charge in [0.25, 0.3) is 0 Å². The zero-order valence-electron chi connectivity index (χ0n) is 13.2. The molecule has 2 N–H and O–H groups in total. The molecular weight excluding hydrogens is 254 g/mol. The molecule has 5 nitrogen and oxygen atoms in total. The maximum Gasteiger partial charge on any atom is 0.102 e. The van der Waals surface area contributed by atoms with Crippen LogP contribution in [0.5, 0.6) is 0 Å². The number of nitrogens with zero attached hydrogens (tertiary/aromatic N) is 2. The molecule has 0 amide bonds. The molecule has 1 aromatic heterocycles. The molecule has 0 radical (unpaired) electrons. The third-order valence-electron chi connectivity index (χ3n) is 4.57. The molecule has 3 atom stereocenters. The molecule has 1 aliphatic rings. The van der Waals surface area contributed by atoms with Gasteiger partial charge in [-0.2, -0.15) is 5.10 Å². The van der Waals surface area contributed by atoms with Crippen molar-refractivity contribution < 1.29 is 9.84 Å². The lowest BCUT2D eigenvalue weighted by Gasteiger charge is -2.52.